The number of fused-ring (bicyclic) bond motifs is 1. The van der Waals surface area contributed by atoms with Crippen molar-refractivity contribution in [3.63, 3.8) is 0 Å². The van der Waals surface area contributed by atoms with Gasteiger partial charge in [-0.3, -0.25) is 0 Å². The van der Waals surface area contributed by atoms with Crippen LogP contribution in [0.1, 0.15) is 5.82 Å². The molecule has 0 bridgehead atoms. The van der Waals surface area contributed by atoms with Crippen LogP contribution in [-0.2, 0) is 5.88 Å². The van der Waals surface area contributed by atoms with Gasteiger partial charge in [-0.05, 0) is 24.3 Å². The molecule has 0 aliphatic rings. The minimum atomic E-state index is 0.271. The fourth-order valence-corrected chi connectivity index (χ4v) is 2.08. The van der Waals surface area contributed by atoms with Crippen LogP contribution in [0, 0.1) is 0 Å². The molecule has 0 saturated carbocycles. The molecular formula is C12H8Cl2N4. The Balaban J connectivity index is 2.18. The highest BCUT2D eigenvalue weighted by atomic mass is 35.5. The molecule has 3 aromatic rings. The maximum atomic E-state index is 5.97. The van der Waals surface area contributed by atoms with E-state index in [1.165, 1.54) is 0 Å². The van der Waals surface area contributed by atoms with Gasteiger partial charge in [0, 0.05) is 10.6 Å². The zero-order valence-corrected chi connectivity index (χ0v) is 10.7. The number of halogens is 2. The largest absolute Gasteiger partial charge is 0.196 e. The SMILES string of the molecule is ClCc1nnc2ccc(-c3cccc(Cl)c3)nn12. The van der Waals surface area contributed by atoms with E-state index in [9.17, 15) is 0 Å². The van der Waals surface area contributed by atoms with Crippen LogP contribution >= 0.6 is 23.2 Å². The molecule has 90 valence electrons. The molecule has 0 spiro atoms. The first-order valence-electron chi connectivity index (χ1n) is 5.31. The molecule has 18 heavy (non-hydrogen) atoms. The van der Waals surface area contributed by atoms with Crippen LogP contribution in [0.4, 0.5) is 0 Å². The second kappa shape index (κ2) is 4.55. The van der Waals surface area contributed by atoms with Crippen molar-refractivity contribution in [1.82, 2.24) is 19.8 Å². The van der Waals surface area contributed by atoms with E-state index in [2.05, 4.69) is 15.3 Å². The maximum absolute atomic E-state index is 5.97. The topological polar surface area (TPSA) is 43.1 Å². The number of aromatic nitrogens is 4. The summed E-state index contributed by atoms with van der Waals surface area (Å²) in [7, 11) is 0. The average Bonchev–Trinajstić information content (AvgIpc) is 2.80. The summed E-state index contributed by atoms with van der Waals surface area (Å²) in [4.78, 5) is 0. The Morgan fingerprint density at radius 2 is 2.00 bits per heavy atom. The summed E-state index contributed by atoms with van der Waals surface area (Å²) in [6.07, 6.45) is 0. The van der Waals surface area contributed by atoms with Gasteiger partial charge in [-0.1, -0.05) is 23.7 Å². The smallest absolute Gasteiger partial charge is 0.177 e. The lowest BCUT2D eigenvalue weighted by Crippen LogP contribution is -1.98. The van der Waals surface area contributed by atoms with E-state index in [1.54, 1.807) is 4.52 Å². The van der Waals surface area contributed by atoms with Gasteiger partial charge in [0.05, 0.1) is 11.6 Å². The summed E-state index contributed by atoms with van der Waals surface area (Å²) in [5.74, 6) is 0.892. The number of nitrogens with zero attached hydrogens (tertiary/aromatic N) is 4. The zero-order chi connectivity index (χ0) is 12.5. The standard InChI is InChI=1S/C12H8Cl2N4/c13-7-12-16-15-11-5-4-10(17-18(11)12)8-2-1-3-9(14)6-8/h1-6H,7H2. The second-order valence-electron chi connectivity index (χ2n) is 3.75. The molecule has 0 aliphatic carbocycles. The van der Waals surface area contributed by atoms with E-state index < -0.39 is 0 Å². The second-order valence-corrected chi connectivity index (χ2v) is 4.45. The fraction of sp³-hybridized carbons (Fsp3) is 0.0833. The van der Waals surface area contributed by atoms with Gasteiger partial charge in [-0.2, -0.15) is 9.61 Å². The van der Waals surface area contributed by atoms with Crippen molar-refractivity contribution in [1.29, 1.82) is 0 Å². The van der Waals surface area contributed by atoms with Gasteiger partial charge in [0.2, 0.25) is 0 Å². The highest BCUT2D eigenvalue weighted by Crippen LogP contribution is 2.21. The van der Waals surface area contributed by atoms with Crippen LogP contribution in [-0.4, -0.2) is 19.8 Å². The Morgan fingerprint density at radius 3 is 2.78 bits per heavy atom. The normalized spacial score (nSPS) is 11.0. The van der Waals surface area contributed by atoms with Gasteiger partial charge >= 0.3 is 0 Å². The molecule has 3 rings (SSSR count). The molecule has 0 aliphatic heterocycles. The molecule has 0 saturated heterocycles. The van der Waals surface area contributed by atoms with Gasteiger partial charge in [0.1, 0.15) is 0 Å². The van der Waals surface area contributed by atoms with Crippen LogP contribution in [0.15, 0.2) is 36.4 Å². The van der Waals surface area contributed by atoms with Gasteiger partial charge in [0.15, 0.2) is 11.5 Å². The molecule has 0 unspecified atom stereocenters. The lowest BCUT2D eigenvalue weighted by Gasteiger charge is -2.02. The first-order chi connectivity index (χ1) is 8.78. The van der Waals surface area contributed by atoms with Crippen LogP contribution in [0.5, 0.6) is 0 Å². The quantitative estimate of drug-likeness (QED) is 0.677. The molecule has 0 fully saturated rings. The molecule has 0 radical (unpaired) electrons. The Labute approximate surface area is 113 Å². The molecule has 6 heteroatoms. The van der Waals surface area contributed by atoms with Crippen molar-refractivity contribution >= 4 is 28.8 Å². The third-order valence-corrected chi connectivity index (χ3v) is 3.04. The number of benzene rings is 1. The van der Waals surface area contributed by atoms with Crippen LogP contribution in [0.2, 0.25) is 5.02 Å². The minimum absolute atomic E-state index is 0.271. The molecule has 0 amide bonds. The summed E-state index contributed by atoms with van der Waals surface area (Å²) in [6.45, 7) is 0. The highest BCUT2D eigenvalue weighted by molar-refractivity contribution is 6.30. The molecule has 2 aromatic heterocycles. The number of alkyl halides is 1. The molecule has 1 aromatic carbocycles. The number of rotatable bonds is 2. The first kappa shape index (κ1) is 11.4. The summed E-state index contributed by atoms with van der Waals surface area (Å²) >= 11 is 11.8. The predicted octanol–water partition coefficient (Wildman–Crippen LogP) is 3.18. The van der Waals surface area contributed by atoms with Gasteiger partial charge in [-0.15, -0.1) is 21.8 Å². The van der Waals surface area contributed by atoms with E-state index in [1.807, 2.05) is 36.4 Å². The molecule has 4 nitrogen and oxygen atoms in total. The average molecular weight is 279 g/mol. The van der Waals surface area contributed by atoms with Gasteiger partial charge in [-0.25, -0.2) is 0 Å². The lowest BCUT2D eigenvalue weighted by molar-refractivity contribution is 0.869. The third kappa shape index (κ3) is 1.94. The Bertz CT molecular complexity index is 708. The number of hydrogen-bond donors (Lipinski definition) is 0. The third-order valence-electron chi connectivity index (χ3n) is 2.57. The van der Waals surface area contributed by atoms with E-state index in [-0.39, 0.29) is 5.88 Å². The maximum Gasteiger partial charge on any atom is 0.177 e. The summed E-state index contributed by atoms with van der Waals surface area (Å²) in [5, 5.41) is 13.1. The minimum Gasteiger partial charge on any atom is -0.196 e. The molecule has 2 heterocycles. The van der Waals surface area contributed by atoms with E-state index in [4.69, 9.17) is 23.2 Å². The highest BCUT2D eigenvalue weighted by Gasteiger charge is 2.07. The van der Waals surface area contributed by atoms with Crippen LogP contribution in [0.3, 0.4) is 0 Å². The Hall–Kier alpha value is -1.65. The van der Waals surface area contributed by atoms with Crippen molar-refractivity contribution in [3.8, 4) is 11.3 Å². The van der Waals surface area contributed by atoms with Crippen molar-refractivity contribution in [2.45, 2.75) is 5.88 Å². The number of hydrogen-bond acceptors (Lipinski definition) is 3. The summed E-state index contributed by atoms with van der Waals surface area (Å²) < 4.78 is 1.64. The van der Waals surface area contributed by atoms with Crippen molar-refractivity contribution in [2.75, 3.05) is 0 Å². The van der Waals surface area contributed by atoms with Crippen molar-refractivity contribution < 1.29 is 0 Å². The molecule has 0 atom stereocenters. The monoisotopic (exact) mass is 278 g/mol. The van der Waals surface area contributed by atoms with Gasteiger partial charge in [0.25, 0.3) is 0 Å². The Morgan fingerprint density at radius 1 is 1.11 bits per heavy atom. The van der Waals surface area contributed by atoms with Crippen molar-refractivity contribution in [2.24, 2.45) is 0 Å². The van der Waals surface area contributed by atoms with Crippen LogP contribution < -0.4 is 0 Å². The van der Waals surface area contributed by atoms with E-state index in [0.717, 1.165) is 11.3 Å². The lowest BCUT2D eigenvalue weighted by atomic mass is 10.1. The Kier molecular flexibility index (Phi) is 2.89. The first-order valence-corrected chi connectivity index (χ1v) is 6.22. The predicted molar refractivity (Wildman–Crippen MR) is 70.8 cm³/mol. The zero-order valence-electron chi connectivity index (χ0n) is 9.22. The summed E-state index contributed by atoms with van der Waals surface area (Å²) in [6, 6.07) is 11.3. The fourth-order valence-electron chi connectivity index (χ4n) is 1.72. The molecule has 0 N–H and O–H groups in total. The molecular weight excluding hydrogens is 271 g/mol. The summed E-state index contributed by atoms with van der Waals surface area (Å²) in [5.41, 5.74) is 2.42. The van der Waals surface area contributed by atoms with Crippen molar-refractivity contribution in [3.05, 3.63) is 47.2 Å². The van der Waals surface area contributed by atoms with E-state index >= 15 is 0 Å². The van der Waals surface area contributed by atoms with E-state index in [0.29, 0.717) is 16.5 Å². The van der Waals surface area contributed by atoms with Gasteiger partial charge < -0.3 is 0 Å². The van der Waals surface area contributed by atoms with Crippen LogP contribution in [0.25, 0.3) is 16.9 Å².